The van der Waals surface area contributed by atoms with Gasteiger partial charge in [-0.3, -0.25) is 0 Å². The van der Waals surface area contributed by atoms with Crippen molar-refractivity contribution < 1.29 is 9.90 Å². The Morgan fingerprint density at radius 1 is 1.65 bits per heavy atom. The Morgan fingerprint density at radius 3 is 2.76 bits per heavy atom. The Kier molecular flexibility index (Phi) is 4.35. The lowest BCUT2D eigenvalue weighted by molar-refractivity contribution is 0.0697. The molecule has 1 rings (SSSR count). The fourth-order valence-electron chi connectivity index (χ4n) is 1.51. The highest BCUT2D eigenvalue weighted by Gasteiger charge is 2.16. The lowest BCUT2D eigenvalue weighted by Crippen LogP contribution is -2.09. The standard InChI is InChI=1S/C12H15BrN2O2/c1-12(2,8-14)4-3-5-15-7-9(11(16)17)6-10(15)13/h6-7H,3-5H2,1-2H3,(H,16,17). The predicted octanol–water partition coefficient (Wildman–Crippen LogP) is 3.28. The molecule has 0 aromatic carbocycles. The van der Waals surface area contributed by atoms with E-state index in [1.54, 1.807) is 12.3 Å². The molecule has 1 heterocycles. The van der Waals surface area contributed by atoms with E-state index in [0.29, 0.717) is 6.54 Å². The summed E-state index contributed by atoms with van der Waals surface area (Å²) in [5.74, 6) is -0.929. The van der Waals surface area contributed by atoms with Gasteiger partial charge in [0.25, 0.3) is 0 Å². The number of aromatic carboxylic acids is 1. The van der Waals surface area contributed by atoms with Crippen LogP contribution < -0.4 is 0 Å². The van der Waals surface area contributed by atoms with Crippen LogP contribution in [-0.4, -0.2) is 15.6 Å². The minimum Gasteiger partial charge on any atom is -0.478 e. The van der Waals surface area contributed by atoms with E-state index in [4.69, 9.17) is 10.4 Å². The second-order valence-electron chi connectivity index (χ2n) is 4.65. The molecule has 0 amide bonds. The summed E-state index contributed by atoms with van der Waals surface area (Å²) in [7, 11) is 0. The molecule has 0 aliphatic heterocycles. The van der Waals surface area contributed by atoms with Crippen LogP contribution in [-0.2, 0) is 6.54 Å². The van der Waals surface area contributed by atoms with E-state index >= 15 is 0 Å². The van der Waals surface area contributed by atoms with Crippen molar-refractivity contribution in [2.45, 2.75) is 33.2 Å². The zero-order valence-electron chi connectivity index (χ0n) is 9.90. The quantitative estimate of drug-likeness (QED) is 0.907. The zero-order valence-corrected chi connectivity index (χ0v) is 11.5. The van der Waals surface area contributed by atoms with E-state index in [2.05, 4.69) is 22.0 Å². The van der Waals surface area contributed by atoms with Crippen LogP contribution >= 0.6 is 15.9 Å². The van der Waals surface area contributed by atoms with E-state index in [-0.39, 0.29) is 11.0 Å². The summed E-state index contributed by atoms with van der Waals surface area (Å²) in [6.45, 7) is 4.51. The molecule has 0 unspecified atom stereocenters. The number of aromatic nitrogens is 1. The van der Waals surface area contributed by atoms with Gasteiger partial charge in [-0.2, -0.15) is 5.26 Å². The molecule has 1 aromatic rings. The van der Waals surface area contributed by atoms with Crippen molar-refractivity contribution in [2.24, 2.45) is 5.41 Å². The summed E-state index contributed by atoms with van der Waals surface area (Å²) in [4.78, 5) is 10.8. The molecule has 0 aliphatic carbocycles. The highest BCUT2D eigenvalue weighted by atomic mass is 79.9. The van der Waals surface area contributed by atoms with E-state index in [1.165, 1.54) is 0 Å². The second-order valence-corrected chi connectivity index (χ2v) is 5.46. The van der Waals surface area contributed by atoms with Crippen molar-refractivity contribution >= 4 is 21.9 Å². The van der Waals surface area contributed by atoms with Gasteiger partial charge in [0.1, 0.15) is 0 Å². The molecule has 0 spiro atoms. The maximum atomic E-state index is 10.8. The number of hydrogen-bond donors (Lipinski definition) is 1. The molecule has 0 bridgehead atoms. The molecule has 4 nitrogen and oxygen atoms in total. The van der Waals surface area contributed by atoms with Gasteiger partial charge < -0.3 is 9.67 Å². The first kappa shape index (κ1) is 13.8. The lowest BCUT2D eigenvalue weighted by atomic mass is 9.90. The van der Waals surface area contributed by atoms with Gasteiger partial charge >= 0.3 is 5.97 Å². The molecule has 17 heavy (non-hydrogen) atoms. The second kappa shape index (κ2) is 5.37. The average molecular weight is 299 g/mol. The van der Waals surface area contributed by atoms with Crippen molar-refractivity contribution in [1.29, 1.82) is 5.26 Å². The van der Waals surface area contributed by atoms with Gasteiger partial charge in [-0.05, 0) is 48.7 Å². The minimum absolute atomic E-state index is 0.274. The molecule has 0 atom stereocenters. The van der Waals surface area contributed by atoms with Crippen LogP contribution in [0.15, 0.2) is 16.9 Å². The summed E-state index contributed by atoms with van der Waals surface area (Å²) in [6.07, 6.45) is 3.23. The third-order valence-electron chi connectivity index (χ3n) is 2.59. The number of carboxylic acids is 1. The van der Waals surface area contributed by atoms with Gasteiger partial charge in [-0.15, -0.1) is 0 Å². The number of rotatable bonds is 5. The van der Waals surface area contributed by atoms with Crippen LogP contribution in [0, 0.1) is 16.7 Å². The highest BCUT2D eigenvalue weighted by molar-refractivity contribution is 9.10. The summed E-state index contributed by atoms with van der Waals surface area (Å²) in [6, 6.07) is 3.83. The molecular weight excluding hydrogens is 284 g/mol. The number of nitrogens with zero attached hydrogens (tertiary/aromatic N) is 2. The monoisotopic (exact) mass is 298 g/mol. The fraction of sp³-hybridized carbons (Fsp3) is 0.500. The van der Waals surface area contributed by atoms with Crippen LogP contribution in [0.25, 0.3) is 0 Å². The number of halogens is 1. The largest absolute Gasteiger partial charge is 0.478 e. The summed E-state index contributed by atoms with van der Waals surface area (Å²) < 4.78 is 2.60. The Morgan fingerprint density at radius 2 is 2.29 bits per heavy atom. The first-order chi connectivity index (χ1) is 7.85. The first-order valence-electron chi connectivity index (χ1n) is 5.36. The normalized spacial score (nSPS) is 11.2. The molecule has 5 heteroatoms. The van der Waals surface area contributed by atoms with Crippen molar-refractivity contribution in [3.8, 4) is 6.07 Å². The Bertz CT molecular complexity index is 458. The molecule has 0 fully saturated rings. The van der Waals surface area contributed by atoms with Crippen LogP contribution in [0.1, 0.15) is 37.0 Å². The molecule has 1 N–H and O–H groups in total. The number of carboxylic acid groups (broad SMARTS) is 1. The SMILES string of the molecule is CC(C)(C#N)CCCn1cc(C(=O)O)cc1Br. The summed E-state index contributed by atoms with van der Waals surface area (Å²) >= 11 is 3.32. The van der Waals surface area contributed by atoms with Crippen molar-refractivity contribution in [3.05, 3.63) is 22.4 Å². The molecule has 0 saturated carbocycles. The summed E-state index contributed by atoms with van der Waals surface area (Å²) in [5, 5.41) is 17.7. The molecule has 92 valence electrons. The first-order valence-corrected chi connectivity index (χ1v) is 6.15. The Hall–Kier alpha value is -1.28. The van der Waals surface area contributed by atoms with Gasteiger partial charge in [0.05, 0.1) is 21.7 Å². The average Bonchev–Trinajstić information content (AvgIpc) is 2.60. The maximum Gasteiger partial charge on any atom is 0.337 e. The minimum atomic E-state index is -0.929. The van der Waals surface area contributed by atoms with Crippen LogP contribution in [0.3, 0.4) is 0 Å². The topological polar surface area (TPSA) is 66.0 Å². The number of nitriles is 1. The van der Waals surface area contributed by atoms with Crippen molar-refractivity contribution in [3.63, 3.8) is 0 Å². The van der Waals surface area contributed by atoms with Gasteiger partial charge in [0, 0.05) is 12.7 Å². The number of hydrogen-bond acceptors (Lipinski definition) is 2. The Labute approximate surface area is 109 Å². The van der Waals surface area contributed by atoms with Crippen LogP contribution in [0.5, 0.6) is 0 Å². The van der Waals surface area contributed by atoms with Crippen molar-refractivity contribution in [1.82, 2.24) is 4.57 Å². The van der Waals surface area contributed by atoms with Gasteiger partial charge in [0.15, 0.2) is 0 Å². The third-order valence-corrected chi connectivity index (χ3v) is 3.28. The van der Waals surface area contributed by atoms with Gasteiger partial charge in [0.2, 0.25) is 0 Å². The van der Waals surface area contributed by atoms with E-state index < -0.39 is 5.97 Å². The fourth-order valence-corrected chi connectivity index (χ4v) is 2.04. The third kappa shape index (κ3) is 3.90. The zero-order chi connectivity index (χ0) is 13.1. The van der Waals surface area contributed by atoms with E-state index in [1.807, 2.05) is 18.4 Å². The molecule has 1 aromatic heterocycles. The maximum absolute atomic E-state index is 10.8. The smallest absolute Gasteiger partial charge is 0.337 e. The number of carbonyl (C=O) groups is 1. The van der Waals surface area contributed by atoms with Gasteiger partial charge in [-0.25, -0.2) is 4.79 Å². The van der Waals surface area contributed by atoms with E-state index in [0.717, 1.165) is 17.4 Å². The molecule has 0 saturated heterocycles. The van der Waals surface area contributed by atoms with Crippen molar-refractivity contribution in [2.75, 3.05) is 0 Å². The molecule has 0 aliphatic rings. The van der Waals surface area contributed by atoms with Gasteiger partial charge in [-0.1, -0.05) is 0 Å². The number of aryl methyl sites for hydroxylation is 1. The van der Waals surface area contributed by atoms with Crippen LogP contribution in [0.2, 0.25) is 0 Å². The molecule has 0 radical (unpaired) electrons. The Balaban J connectivity index is 2.59. The van der Waals surface area contributed by atoms with E-state index in [9.17, 15) is 4.79 Å². The highest BCUT2D eigenvalue weighted by Crippen LogP contribution is 2.22. The molecular formula is C12H15BrN2O2. The predicted molar refractivity (Wildman–Crippen MR) is 67.7 cm³/mol. The van der Waals surface area contributed by atoms with Crippen LogP contribution in [0.4, 0.5) is 0 Å². The summed E-state index contributed by atoms with van der Waals surface area (Å²) in [5.41, 5.74) is -0.0497. The lowest BCUT2D eigenvalue weighted by Gasteiger charge is -2.14.